The first kappa shape index (κ1) is 15.8. The molecule has 1 aromatic carbocycles. The quantitative estimate of drug-likeness (QED) is 0.867. The van der Waals surface area contributed by atoms with E-state index in [0.29, 0.717) is 6.54 Å². The molecule has 0 spiro atoms. The van der Waals surface area contributed by atoms with Crippen molar-refractivity contribution < 1.29 is 9.53 Å². The zero-order valence-electron chi connectivity index (χ0n) is 13.1. The van der Waals surface area contributed by atoms with Crippen LogP contribution in [0.4, 0.5) is 5.69 Å². The summed E-state index contributed by atoms with van der Waals surface area (Å²) in [5.74, 6) is 0.898. The molecule has 21 heavy (non-hydrogen) atoms. The lowest BCUT2D eigenvalue weighted by atomic mass is 9.79. The second kappa shape index (κ2) is 6.94. The Labute approximate surface area is 127 Å². The highest BCUT2D eigenvalue weighted by atomic mass is 16.5. The number of nitrogens with two attached hydrogens (primary N) is 1. The average molecular weight is 290 g/mol. The second-order valence-corrected chi connectivity index (χ2v) is 5.96. The van der Waals surface area contributed by atoms with Gasteiger partial charge in [0.15, 0.2) is 0 Å². The first-order valence-corrected chi connectivity index (χ1v) is 7.75. The van der Waals surface area contributed by atoms with E-state index < -0.39 is 5.41 Å². The number of anilines is 1. The Kier molecular flexibility index (Phi) is 5.23. The molecule has 2 N–H and O–H groups in total. The third kappa shape index (κ3) is 3.38. The summed E-state index contributed by atoms with van der Waals surface area (Å²) in [7, 11) is 3.47. The van der Waals surface area contributed by atoms with Gasteiger partial charge in [0.05, 0.1) is 12.5 Å². The largest absolute Gasteiger partial charge is 0.497 e. The Morgan fingerprint density at radius 3 is 2.52 bits per heavy atom. The van der Waals surface area contributed by atoms with Crippen molar-refractivity contribution in [3.8, 4) is 5.75 Å². The highest BCUT2D eigenvalue weighted by Gasteiger charge is 2.39. The second-order valence-electron chi connectivity index (χ2n) is 5.96. The third-order valence-corrected chi connectivity index (χ3v) is 4.65. The van der Waals surface area contributed by atoms with Crippen LogP contribution in [0, 0.1) is 5.41 Å². The molecule has 1 aromatic rings. The lowest BCUT2D eigenvalue weighted by molar-refractivity contribution is -0.128. The zero-order valence-corrected chi connectivity index (χ0v) is 13.1. The molecule has 1 saturated carbocycles. The highest BCUT2D eigenvalue weighted by molar-refractivity contribution is 5.97. The Balaban J connectivity index is 2.23. The van der Waals surface area contributed by atoms with Gasteiger partial charge in [-0.15, -0.1) is 0 Å². The average Bonchev–Trinajstić information content (AvgIpc) is 2.80. The van der Waals surface area contributed by atoms with Crippen LogP contribution < -0.4 is 15.4 Å². The van der Waals surface area contributed by atoms with E-state index in [0.717, 1.165) is 37.1 Å². The maximum absolute atomic E-state index is 13.0. The Morgan fingerprint density at radius 2 is 1.95 bits per heavy atom. The maximum atomic E-state index is 13.0. The van der Waals surface area contributed by atoms with Crippen molar-refractivity contribution in [2.75, 3.05) is 25.6 Å². The van der Waals surface area contributed by atoms with E-state index in [1.165, 1.54) is 12.8 Å². The van der Waals surface area contributed by atoms with Crippen LogP contribution in [0.25, 0.3) is 0 Å². The molecule has 0 radical (unpaired) electrons. The van der Waals surface area contributed by atoms with Crippen molar-refractivity contribution in [1.29, 1.82) is 0 Å². The molecular formula is C17H26N2O2. The van der Waals surface area contributed by atoms with Gasteiger partial charge in [0.1, 0.15) is 5.75 Å². The zero-order chi connectivity index (χ0) is 15.3. The summed E-state index contributed by atoms with van der Waals surface area (Å²) in [6, 6.07) is 7.60. The first-order valence-electron chi connectivity index (χ1n) is 7.75. The van der Waals surface area contributed by atoms with Crippen molar-refractivity contribution in [3.05, 3.63) is 24.3 Å². The van der Waals surface area contributed by atoms with Gasteiger partial charge in [-0.2, -0.15) is 0 Å². The number of amides is 1. The topological polar surface area (TPSA) is 55.6 Å². The molecule has 4 nitrogen and oxygen atoms in total. The molecule has 0 atom stereocenters. The summed E-state index contributed by atoms with van der Waals surface area (Å²) >= 11 is 0. The Hall–Kier alpha value is -1.55. The van der Waals surface area contributed by atoms with Crippen LogP contribution in [0.5, 0.6) is 5.75 Å². The fraction of sp³-hybridized carbons (Fsp3) is 0.588. The summed E-state index contributed by atoms with van der Waals surface area (Å²) < 4.78 is 5.24. The number of ether oxygens (including phenoxy) is 1. The van der Waals surface area contributed by atoms with E-state index in [1.807, 2.05) is 31.3 Å². The minimum Gasteiger partial charge on any atom is -0.497 e. The smallest absolute Gasteiger partial charge is 0.234 e. The van der Waals surface area contributed by atoms with Crippen LogP contribution in [0.3, 0.4) is 0 Å². The van der Waals surface area contributed by atoms with Gasteiger partial charge in [0.25, 0.3) is 0 Å². The highest BCUT2D eigenvalue weighted by Crippen LogP contribution is 2.37. The monoisotopic (exact) mass is 290 g/mol. The SMILES string of the molecule is COc1cccc(N(C)C(=O)C2(CN)CCCCCC2)c1. The number of methoxy groups -OCH3 is 1. The number of hydrogen-bond donors (Lipinski definition) is 1. The summed E-state index contributed by atoms with van der Waals surface area (Å²) in [5.41, 5.74) is 6.47. The molecule has 0 aliphatic heterocycles. The first-order chi connectivity index (χ1) is 10.1. The molecule has 0 saturated heterocycles. The maximum Gasteiger partial charge on any atom is 0.234 e. The van der Waals surface area contributed by atoms with Crippen LogP contribution in [0.2, 0.25) is 0 Å². The van der Waals surface area contributed by atoms with Crippen molar-refractivity contribution >= 4 is 11.6 Å². The number of carbonyl (C=O) groups excluding carboxylic acids is 1. The molecular weight excluding hydrogens is 264 g/mol. The van der Waals surface area contributed by atoms with Crippen LogP contribution in [0.15, 0.2) is 24.3 Å². The molecule has 1 fully saturated rings. The number of hydrogen-bond acceptors (Lipinski definition) is 3. The summed E-state index contributed by atoms with van der Waals surface area (Å²) in [6.45, 7) is 0.431. The van der Waals surface area contributed by atoms with E-state index in [2.05, 4.69) is 0 Å². The van der Waals surface area contributed by atoms with Crippen LogP contribution >= 0.6 is 0 Å². The van der Waals surface area contributed by atoms with Crippen molar-refractivity contribution in [2.45, 2.75) is 38.5 Å². The Morgan fingerprint density at radius 1 is 1.29 bits per heavy atom. The van der Waals surface area contributed by atoms with Gasteiger partial charge in [-0.25, -0.2) is 0 Å². The van der Waals surface area contributed by atoms with Crippen LogP contribution in [-0.4, -0.2) is 26.6 Å². The summed E-state index contributed by atoms with van der Waals surface area (Å²) in [5, 5.41) is 0. The van der Waals surface area contributed by atoms with Gasteiger partial charge >= 0.3 is 0 Å². The van der Waals surface area contributed by atoms with E-state index in [9.17, 15) is 4.79 Å². The molecule has 1 aliphatic carbocycles. The molecule has 1 aliphatic rings. The molecule has 0 aromatic heterocycles. The number of carbonyl (C=O) groups is 1. The fourth-order valence-electron chi connectivity index (χ4n) is 3.20. The summed E-state index contributed by atoms with van der Waals surface area (Å²) in [4.78, 5) is 14.7. The predicted molar refractivity (Wildman–Crippen MR) is 85.6 cm³/mol. The van der Waals surface area contributed by atoms with Gasteiger partial charge in [-0.05, 0) is 25.0 Å². The molecule has 2 rings (SSSR count). The molecule has 0 unspecified atom stereocenters. The van der Waals surface area contributed by atoms with Gasteiger partial charge in [0.2, 0.25) is 5.91 Å². The fourth-order valence-corrected chi connectivity index (χ4v) is 3.20. The molecule has 1 amide bonds. The normalized spacial score (nSPS) is 17.9. The number of rotatable bonds is 4. The molecule has 116 valence electrons. The minimum absolute atomic E-state index is 0.139. The predicted octanol–water partition coefficient (Wildman–Crippen LogP) is 2.96. The van der Waals surface area contributed by atoms with Crippen molar-refractivity contribution in [1.82, 2.24) is 0 Å². The molecule has 0 heterocycles. The van der Waals surface area contributed by atoms with E-state index in [-0.39, 0.29) is 5.91 Å². The lowest BCUT2D eigenvalue weighted by Crippen LogP contribution is -2.46. The van der Waals surface area contributed by atoms with E-state index >= 15 is 0 Å². The third-order valence-electron chi connectivity index (χ3n) is 4.65. The standard InChI is InChI=1S/C17H26N2O2/c1-19(14-8-7-9-15(12-14)21-2)16(20)17(13-18)10-5-3-4-6-11-17/h7-9,12H,3-6,10-11,13,18H2,1-2H3. The number of nitrogens with zero attached hydrogens (tertiary/aromatic N) is 1. The number of benzene rings is 1. The Bertz CT molecular complexity index is 479. The van der Waals surface area contributed by atoms with Gasteiger partial charge in [-0.3, -0.25) is 4.79 Å². The van der Waals surface area contributed by atoms with Crippen LogP contribution in [-0.2, 0) is 4.79 Å². The van der Waals surface area contributed by atoms with Gasteiger partial charge < -0.3 is 15.4 Å². The van der Waals surface area contributed by atoms with Crippen molar-refractivity contribution in [3.63, 3.8) is 0 Å². The minimum atomic E-state index is -0.395. The van der Waals surface area contributed by atoms with E-state index in [1.54, 1.807) is 12.0 Å². The van der Waals surface area contributed by atoms with Crippen molar-refractivity contribution in [2.24, 2.45) is 11.1 Å². The molecule has 4 heteroatoms. The lowest BCUT2D eigenvalue weighted by Gasteiger charge is -2.34. The van der Waals surface area contributed by atoms with Gasteiger partial charge in [0, 0.05) is 25.3 Å². The van der Waals surface area contributed by atoms with E-state index in [4.69, 9.17) is 10.5 Å². The van der Waals surface area contributed by atoms with Crippen LogP contribution in [0.1, 0.15) is 38.5 Å². The summed E-state index contributed by atoms with van der Waals surface area (Å²) in [6.07, 6.45) is 6.40. The van der Waals surface area contributed by atoms with Gasteiger partial charge in [-0.1, -0.05) is 31.7 Å². The molecule has 0 bridgehead atoms.